The van der Waals surface area contributed by atoms with Gasteiger partial charge < -0.3 is 9.47 Å². The van der Waals surface area contributed by atoms with Crippen LogP contribution in [0, 0.1) is 0 Å². The maximum Gasteiger partial charge on any atom is 0.261 e. The summed E-state index contributed by atoms with van der Waals surface area (Å²) in [5, 5.41) is 0.942. The van der Waals surface area contributed by atoms with Crippen molar-refractivity contribution in [3.63, 3.8) is 0 Å². The first kappa shape index (κ1) is 17.0. The number of halogens is 5. The third kappa shape index (κ3) is 5.42. The predicted octanol–water partition coefficient (Wildman–Crippen LogP) is 5.11. The van der Waals surface area contributed by atoms with E-state index in [4.69, 9.17) is 32.7 Å². The second-order valence-corrected chi connectivity index (χ2v) is 5.65. The molecule has 0 aromatic heterocycles. The number of alkyl halides is 3. The molecule has 1 unspecified atom stereocenters. The molecule has 0 amide bonds. The molecule has 1 aromatic rings. The summed E-state index contributed by atoms with van der Waals surface area (Å²) >= 11 is 15.6. The lowest BCUT2D eigenvalue weighted by atomic mass is 10.1. The van der Waals surface area contributed by atoms with E-state index in [1.165, 1.54) is 7.11 Å². The Morgan fingerprint density at radius 1 is 1.26 bits per heavy atom. The van der Waals surface area contributed by atoms with Crippen LogP contribution in [-0.2, 0) is 4.74 Å². The Balaban J connectivity index is 2.61. The van der Waals surface area contributed by atoms with E-state index >= 15 is 0 Å². The van der Waals surface area contributed by atoms with Gasteiger partial charge in [-0.1, -0.05) is 39.1 Å². The molecule has 0 N–H and O–H groups in total. The van der Waals surface area contributed by atoms with Gasteiger partial charge in [-0.15, -0.1) is 0 Å². The van der Waals surface area contributed by atoms with E-state index < -0.39 is 13.0 Å². The molecule has 0 radical (unpaired) electrons. The van der Waals surface area contributed by atoms with Crippen LogP contribution in [0.5, 0.6) is 5.75 Å². The van der Waals surface area contributed by atoms with Gasteiger partial charge >= 0.3 is 0 Å². The number of hydrogen-bond donors (Lipinski definition) is 0. The quantitative estimate of drug-likeness (QED) is 0.485. The van der Waals surface area contributed by atoms with E-state index in [1.54, 1.807) is 12.1 Å². The van der Waals surface area contributed by atoms with Crippen LogP contribution in [0.2, 0.25) is 10.0 Å². The Kier molecular flexibility index (Phi) is 7.36. The Hall–Kier alpha value is -0.100. The highest BCUT2D eigenvalue weighted by atomic mass is 79.9. The van der Waals surface area contributed by atoms with Crippen LogP contribution in [-0.4, -0.2) is 26.7 Å². The molecule has 0 saturated carbocycles. The van der Waals surface area contributed by atoms with Crippen LogP contribution >= 0.6 is 39.1 Å². The number of ether oxygens (including phenoxy) is 2. The Morgan fingerprint density at radius 3 is 2.53 bits per heavy atom. The van der Waals surface area contributed by atoms with Crippen molar-refractivity contribution in [1.82, 2.24) is 0 Å². The predicted molar refractivity (Wildman–Crippen MR) is 76.1 cm³/mol. The van der Waals surface area contributed by atoms with Gasteiger partial charge in [0, 0.05) is 22.5 Å². The highest BCUT2D eigenvalue weighted by molar-refractivity contribution is 9.09. The smallest absolute Gasteiger partial charge is 0.261 e. The van der Waals surface area contributed by atoms with Crippen LogP contribution in [0.4, 0.5) is 8.78 Å². The number of benzene rings is 1. The second kappa shape index (κ2) is 8.25. The molecule has 19 heavy (non-hydrogen) atoms. The van der Waals surface area contributed by atoms with Crippen molar-refractivity contribution < 1.29 is 18.3 Å². The van der Waals surface area contributed by atoms with Crippen molar-refractivity contribution in [2.24, 2.45) is 0 Å². The molecule has 0 bridgehead atoms. The molecule has 0 spiro atoms. The third-order valence-electron chi connectivity index (χ3n) is 2.37. The van der Waals surface area contributed by atoms with Crippen LogP contribution < -0.4 is 4.74 Å². The van der Waals surface area contributed by atoms with E-state index in [1.807, 2.05) is 0 Å². The van der Waals surface area contributed by atoms with Gasteiger partial charge in [0.05, 0.1) is 12.1 Å². The highest BCUT2D eigenvalue weighted by Crippen LogP contribution is 2.38. The van der Waals surface area contributed by atoms with E-state index in [2.05, 4.69) is 15.9 Å². The number of hydrogen-bond acceptors (Lipinski definition) is 2. The fourth-order valence-electron chi connectivity index (χ4n) is 1.46. The third-order valence-corrected chi connectivity index (χ3v) is 3.94. The first-order chi connectivity index (χ1) is 8.95. The summed E-state index contributed by atoms with van der Waals surface area (Å²) in [5.74, 6) is 0.490. The summed E-state index contributed by atoms with van der Waals surface area (Å²) in [5.41, 5.74) is 0.771. The SMILES string of the molecule is COc1cc(Cl)c(C(Br)CCOCC(F)F)cc1Cl. The zero-order valence-corrected chi connectivity index (χ0v) is 13.2. The average molecular weight is 378 g/mol. The van der Waals surface area contributed by atoms with Crippen LogP contribution in [0.1, 0.15) is 16.8 Å². The zero-order chi connectivity index (χ0) is 14.4. The summed E-state index contributed by atoms with van der Waals surface area (Å²) in [6.45, 7) is -0.350. The molecule has 0 fully saturated rings. The van der Waals surface area contributed by atoms with E-state index in [9.17, 15) is 8.78 Å². The molecule has 1 aromatic carbocycles. The van der Waals surface area contributed by atoms with Gasteiger partial charge in [-0.2, -0.15) is 0 Å². The number of rotatable bonds is 7. The molecule has 1 atom stereocenters. The van der Waals surface area contributed by atoms with E-state index in [0.717, 1.165) is 5.56 Å². The molecule has 0 aliphatic carbocycles. The monoisotopic (exact) mass is 376 g/mol. The lowest BCUT2D eigenvalue weighted by molar-refractivity contribution is 0.0167. The van der Waals surface area contributed by atoms with Gasteiger partial charge in [-0.05, 0) is 18.1 Å². The average Bonchev–Trinajstić information content (AvgIpc) is 2.36. The normalized spacial score (nSPS) is 12.8. The van der Waals surface area contributed by atoms with Gasteiger partial charge in [0.2, 0.25) is 0 Å². The van der Waals surface area contributed by atoms with Crippen LogP contribution in [0.25, 0.3) is 0 Å². The maximum atomic E-state index is 11.9. The molecule has 0 saturated heterocycles. The van der Waals surface area contributed by atoms with Crippen molar-refractivity contribution in [3.8, 4) is 5.75 Å². The topological polar surface area (TPSA) is 18.5 Å². The minimum atomic E-state index is -2.45. The summed E-state index contributed by atoms with van der Waals surface area (Å²) in [6, 6.07) is 3.31. The molecule has 7 heteroatoms. The largest absolute Gasteiger partial charge is 0.495 e. The number of methoxy groups -OCH3 is 1. The highest BCUT2D eigenvalue weighted by Gasteiger charge is 2.15. The van der Waals surface area contributed by atoms with E-state index in [-0.39, 0.29) is 11.4 Å². The molecule has 0 heterocycles. The maximum absolute atomic E-state index is 11.9. The minimum absolute atomic E-state index is 0.124. The molecule has 0 aliphatic rings. The Bertz CT molecular complexity index is 419. The molecular weight excluding hydrogens is 365 g/mol. The summed E-state index contributed by atoms with van der Waals surface area (Å²) in [4.78, 5) is -0.124. The zero-order valence-electron chi connectivity index (χ0n) is 10.1. The summed E-state index contributed by atoms with van der Waals surface area (Å²) < 4.78 is 33.7. The molecule has 108 valence electrons. The summed E-state index contributed by atoms with van der Waals surface area (Å²) in [7, 11) is 1.50. The first-order valence-electron chi connectivity index (χ1n) is 5.48. The van der Waals surface area contributed by atoms with Gasteiger partial charge in [0.1, 0.15) is 12.4 Å². The minimum Gasteiger partial charge on any atom is -0.495 e. The standard InChI is InChI=1S/C12H13BrCl2F2O2/c1-18-11-5-9(14)7(4-10(11)15)8(13)2-3-19-6-12(16)17/h4-5,8,12H,2-3,6H2,1H3. The van der Waals surface area contributed by atoms with Crippen molar-refractivity contribution in [3.05, 3.63) is 27.7 Å². The van der Waals surface area contributed by atoms with Gasteiger partial charge in [0.25, 0.3) is 6.43 Å². The lowest BCUT2D eigenvalue weighted by Crippen LogP contribution is -2.07. The van der Waals surface area contributed by atoms with Crippen molar-refractivity contribution in [2.75, 3.05) is 20.3 Å². The lowest BCUT2D eigenvalue weighted by Gasteiger charge is -2.14. The van der Waals surface area contributed by atoms with Gasteiger partial charge in [-0.3, -0.25) is 0 Å². The Labute approximate surface area is 129 Å². The molecule has 2 nitrogen and oxygen atoms in total. The fourth-order valence-corrected chi connectivity index (χ4v) is 2.69. The Morgan fingerprint density at radius 2 is 1.95 bits per heavy atom. The van der Waals surface area contributed by atoms with Crippen molar-refractivity contribution >= 4 is 39.1 Å². The molecule has 1 rings (SSSR count). The van der Waals surface area contributed by atoms with Gasteiger partial charge in [-0.25, -0.2) is 8.78 Å². The summed E-state index contributed by atoms with van der Waals surface area (Å²) in [6.07, 6.45) is -1.94. The first-order valence-corrected chi connectivity index (χ1v) is 7.15. The fraction of sp³-hybridized carbons (Fsp3) is 0.500. The van der Waals surface area contributed by atoms with E-state index in [0.29, 0.717) is 22.2 Å². The van der Waals surface area contributed by atoms with Crippen molar-refractivity contribution in [1.29, 1.82) is 0 Å². The molecule has 0 aliphatic heterocycles. The van der Waals surface area contributed by atoms with Crippen LogP contribution in [0.3, 0.4) is 0 Å². The molecular formula is C12H13BrCl2F2O2. The van der Waals surface area contributed by atoms with Crippen LogP contribution in [0.15, 0.2) is 12.1 Å². The van der Waals surface area contributed by atoms with Gasteiger partial charge in [0.15, 0.2) is 0 Å². The second-order valence-electron chi connectivity index (χ2n) is 3.73. The van der Waals surface area contributed by atoms with Crippen molar-refractivity contribution in [2.45, 2.75) is 17.7 Å².